The molecule has 2 saturated heterocycles. The molecule has 0 saturated carbocycles. The van der Waals surface area contributed by atoms with Crippen molar-refractivity contribution in [2.24, 2.45) is 0 Å². The summed E-state index contributed by atoms with van der Waals surface area (Å²) in [5.41, 5.74) is 1.44. The summed E-state index contributed by atoms with van der Waals surface area (Å²) in [4.78, 5) is 14.1. The molecule has 2 fully saturated rings. The molecule has 1 spiro atoms. The van der Waals surface area contributed by atoms with Gasteiger partial charge in [-0.15, -0.1) is 0 Å². The first-order valence-corrected chi connectivity index (χ1v) is 7.50. The van der Waals surface area contributed by atoms with Crippen molar-refractivity contribution >= 4 is 11.6 Å². The average molecular weight is 301 g/mol. The van der Waals surface area contributed by atoms with E-state index >= 15 is 0 Å². The molecule has 0 radical (unpaired) electrons. The fraction of sp³-hybridized carbons (Fsp3) is 0.500. The number of benzene rings is 1. The Morgan fingerprint density at radius 1 is 1.23 bits per heavy atom. The zero-order valence-corrected chi connectivity index (χ0v) is 12.4. The van der Waals surface area contributed by atoms with Gasteiger partial charge in [0.1, 0.15) is 0 Å². The van der Waals surface area contributed by atoms with Crippen LogP contribution in [0.2, 0.25) is 0 Å². The summed E-state index contributed by atoms with van der Waals surface area (Å²) in [5.74, 6) is -0.380. The largest absolute Gasteiger partial charge is 0.376 e. The lowest BCUT2D eigenvalue weighted by Crippen LogP contribution is -2.48. The van der Waals surface area contributed by atoms with E-state index in [0.29, 0.717) is 31.9 Å². The first kappa shape index (κ1) is 14.8. The number of likely N-dealkylation sites (tertiary alicyclic amines) is 1. The van der Waals surface area contributed by atoms with E-state index in [1.807, 2.05) is 4.90 Å². The summed E-state index contributed by atoms with van der Waals surface area (Å²) in [6, 6.07) is 9.13. The van der Waals surface area contributed by atoms with E-state index in [2.05, 4.69) is 11.4 Å². The topological polar surface area (TPSA) is 74.6 Å². The first-order valence-electron chi connectivity index (χ1n) is 7.50. The van der Waals surface area contributed by atoms with Crippen molar-refractivity contribution in [1.29, 1.82) is 5.26 Å². The van der Waals surface area contributed by atoms with Crippen molar-refractivity contribution in [2.75, 3.05) is 38.2 Å². The number of carbonyl (C=O) groups is 1. The van der Waals surface area contributed by atoms with Crippen molar-refractivity contribution in [2.45, 2.75) is 18.6 Å². The Kier molecular flexibility index (Phi) is 4.27. The Labute approximate surface area is 129 Å². The van der Waals surface area contributed by atoms with Crippen molar-refractivity contribution in [3.05, 3.63) is 29.8 Å². The van der Waals surface area contributed by atoms with Gasteiger partial charge in [0.25, 0.3) is 0 Å². The fourth-order valence-electron chi connectivity index (χ4n) is 2.83. The van der Waals surface area contributed by atoms with E-state index in [4.69, 9.17) is 14.7 Å². The maximum absolute atomic E-state index is 12.2. The second-order valence-electron chi connectivity index (χ2n) is 5.53. The zero-order chi connectivity index (χ0) is 15.4. The van der Waals surface area contributed by atoms with E-state index in [1.54, 1.807) is 24.3 Å². The molecule has 1 amide bonds. The summed E-state index contributed by atoms with van der Waals surface area (Å²) < 4.78 is 11.3. The van der Waals surface area contributed by atoms with Crippen molar-refractivity contribution in [3.63, 3.8) is 0 Å². The second kappa shape index (κ2) is 6.34. The number of anilines is 1. The van der Waals surface area contributed by atoms with Crippen LogP contribution in [0.4, 0.5) is 5.69 Å². The van der Waals surface area contributed by atoms with Gasteiger partial charge in [0.05, 0.1) is 31.4 Å². The van der Waals surface area contributed by atoms with Gasteiger partial charge in [-0.2, -0.15) is 5.26 Å². The van der Waals surface area contributed by atoms with Crippen LogP contribution >= 0.6 is 0 Å². The molecule has 6 heteroatoms. The number of amides is 1. The molecule has 6 nitrogen and oxygen atoms in total. The molecule has 1 N–H and O–H groups in total. The first-order chi connectivity index (χ1) is 10.7. The summed E-state index contributed by atoms with van der Waals surface area (Å²) >= 11 is 0. The van der Waals surface area contributed by atoms with Crippen molar-refractivity contribution in [3.8, 4) is 6.07 Å². The number of carbonyl (C=O) groups excluding carboxylic acids is 1. The minimum absolute atomic E-state index is 0.0669. The van der Waals surface area contributed by atoms with E-state index in [9.17, 15) is 4.79 Å². The molecule has 2 heterocycles. The Bertz CT molecular complexity index is 563. The Hall–Kier alpha value is -2.10. The molecule has 0 atom stereocenters. The standard InChI is InChI=1S/C16H19N3O3/c17-11-13-1-3-14(4-2-13)18-12-15(20)19-7-5-16(6-8-19)21-9-10-22-16/h1-4,18H,5-10,12H2. The van der Waals surface area contributed by atoms with Gasteiger partial charge >= 0.3 is 0 Å². The monoisotopic (exact) mass is 301 g/mol. The molecule has 1 aromatic rings. The number of hydrogen-bond acceptors (Lipinski definition) is 5. The van der Waals surface area contributed by atoms with Gasteiger partial charge in [-0.05, 0) is 24.3 Å². The lowest BCUT2D eigenvalue weighted by Gasteiger charge is -2.37. The van der Waals surface area contributed by atoms with Gasteiger partial charge in [0.15, 0.2) is 5.79 Å². The summed E-state index contributed by atoms with van der Waals surface area (Å²) in [6.45, 7) is 2.87. The van der Waals surface area contributed by atoms with Gasteiger partial charge in [0.2, 0.25) is 5.91 Å². The molecular weight excluding hydrogens is 282 g/mol. The summed E-state index contributed by atoms with van der Waals surface area (Å²) in [7, 11) is 0. The van der Waals surface area contributed by atoms with E-state index < -0.39 is 5.79 Å². The molecule has 0 bridgehead atoms. The van der Waals surface area contributed by atoms with Crippen LogP contribution in [0.25, 0.3) is 0 Å². The minimum atomic E-state index is -0.447. The number of ether oxygens (including phenoxy) is 2. The van der Waals surface area contributed by atoms with Crippen LogP contribution in [0.5, 0.6) is 0 Å². The van der Waals surface area contributed by atoms with E-state index in [1.165, 1.54) is 0 Å². The van der Waals surface area contributed by atoms with Gasteiger partial charge in [0, 0.05) is 31.6 Å². The number of nitriles is 1. The summed E-state index contributed by atoms with van der Waals surface area (Å²) in [5, 5.41) is 11.8. The van der Waals surface area contributed by atoms with Crippen LogP contribution in [-0.4, -0.2) is 49.4 Å². The fourth-order valence-corrected chi connectivity index (χ4v) is 2.83. The number of hydrogen-bond donors (Lipinski definition) is 1. The van der Waals surface area contributed by atoms with E-state index in [-0.39, 0.29) is 12.5 Å². The number of nitrogens with zero attached hydrogens (tertiary/aromatic N) is 2. The quantitative estimate of drug-likeness (QED) is 0.912. The van der Waals surface area contributed by atoms with Gasteiger partial charge in [-0.1, -0.05) is 0 Å². The number of piperidine rings is 1. The third-order valence-corrected chi connectivity index (χ3v) is 4.15. The van der Waals surface area contributed by atoms with Crippen LogP contribution in [0.15, 0.2) is 24.3 Å². The maximum Gasteiger partial charge on any atom is 0.241 e. The Morgan fingerprint density at radius 2 is 1.86 bits per heavy atom. The normalized spacial score (nSPS) is 19.9. The van der Waals surface area contributed by atoms with Gasteiger partial charge in [-0.25, -0.2) is 0 Å². The third kappa shape index (κ3) is 3.21. The molecule has 2 aliphatic rings. The molecule has 0 aromatic heterocycles. The highest BCUT2D eigenvalue weighted by molar-refractivity contribution is 5.81. The SMILES string of the molecule is N#Cc1ccc(NCC(=O)N2CCC3(CC2)OCCO3)cc1. The molecule has 1 aromatic carbocycles. The molecule has 0 unspecified atom stereocenters. The Morgan fingerprint density at radius 3 is 2.45 bits per heavy atom. The predicted octanol–water partition coefficient (Wildman–Crippen LogP) is 1.34. The van der Waals surface area contributed by atoms with Crippen LogP contribution in [0.1, 0.15) is 18.4 Å². The van der Waals surface area contributed by atoms with Crippen molar-refractivity contribution < 1.29 is 14.3 Å². The molecule has 116 valence electrons. The molecule has 2 aliphatic heterocycles. The molecule has 0 aliphatic carbocycles. The maximum atomic E-state index is 12.2. The highest BCUT2D eigenvalue weighted by atomic mass is 16.7. The van der Waals surface area contributed by atoms with Gasteiger partial charge in [-0.3, -0.25) is 4.79 Å². The highest BCUT2D eigenvalue weighted by Crippen LogP contribution is 2.31. The van der Waals surface area contributed by atoms with Crippen molar-refractivity contribution in [1.82, 2.24) is 4.90 Å². The zero-order valence-electron chi connectivity index (χ0n) is 12.4. The lowest BCUT2D eigenvalue weighted by atomic mass is 10.0. The third-order valence-electron chi connectivity index (χ3n) is 4.15. The Balaban J connectivity index is 1.47. The predicted molar refractivity (Wildman–Crippen MR) is 80.1 cm³/mol. The van der Waals surface area contributed by atoms with Crippen LogP contribution in [0, 0.1) is 11.3 Å². The molecule has 22 heavy (non-hydrogen) atoms. The minimum Gasteiger partial charge on any atom is -0.376 e. The number of nitrogens with one attached hydrogen (secondary N) is 1. The molecular formula is C16H19N3O3. The summed E-state index contributed by atoms with van der Waals surface area (Å²) in [6.07, 6.45) is 1.46. The van der Waals surface area contributed by atoms with Crippen LogP contribution < -0.4 is 5.32 Å². The van der Waals surface area contributed by atoms with E-state index in [0.717, 1.165) is 18.5 Å². The second-order valence-corrected chi connectivity index (χ2v) is 5.53. The van der Waals surface area contributed by atoms with Crippen LogP contribution in [0.3, 0.4) is 0 Å². The highest BCUT2D eigenvalue weighted by Gasteiger charge is 2.40. The average Bonchev–Trinajstić information content (AvgIpc) is 3.02. The smallest absolute Gasteiger partial charge is 0.241 e. The number of rotatable bonds is 3. The molecule has 3 rings (SSSR count). The lowest BCUT2D eigenvalue weighted by molar-refractivity contribution is -0.187. The van der Waals surface area contributed by atoms with Gasteiger partial charge < -0.3 is 19.7 Å². The van der Waals surface area contributed by atoms with Crippen LogP contribution in [-0.2, 0) is 14.3 Å².